The van der Waals surface area contributed by atoms with Crippen molar-refractivity contribution in [3.05, 3.63) is 0 Å². The van der Waals surface area contributed by atoms with Crippen LogP contribution in [-0.4, -0.2) is 3.79 Å². The molecule has 10 heavy (non-hydrogen) atoms. The van der Waals surface area contributed by atoms with Gasteiger partial charge in [0.2, 0.25) is 0 Å². The van der Waals surface area contributed by atoms with Crippen LogP contribution < -0.4 is 0 Å². The largest absolute Gasteiger partial charge is 0.193 e. The van der Waals surface area contributed by atoms with Crippen molar-refractivity contribution in [1.82, 2.24) is 0 Å². The van der Waals surface area contributed by atoms with Crippen molar-refractivity contribution in [3.8, 4) is 0 Å². The van der Waals surface area contributed by atoms with Gasteiger partial charge in [-0.15, -0.1) is 0 Å². The van der Waals surface area contributed by atoms with E-state index < -0.39 is 3.79 Å². The van der Waals surface area contributed by atoms with Gasteiger partial charge >= 0.3 is 0 Å². The highest BCUT2D eigenvalue weighted by Gasteiger charge is 2.29. The smallest absolute Gasteiger partial charge is 0.0834 e. The Bertz CT molecular complexity index is 85.3. The molecule has 0 aromatic carbocycles. The third-order valence-corrected chi connectivity index (χ3v) is 2.52. The van der Waals surface area contributed by atoms with Crippen molar-refractivity contribution < 1.29 is 0 Å². The second-order valence-electron chi connectivity index (χ2n) is 2.44. The Morgan fingerprint density at radius 2 is 1.70 bits per heavy atom. The first-order chi connectivity index (χ1) is 4.52. The van der Waals surface area contributed by atoms with E-state index in [1.165, 1.54) is 0 Å². The van der Waals surface area contributed by atoms with Gasteiger partial charge in [-0.05, 0) is 12.8 Å². The van der Waals surface area contributed by atoms with E-state index in [1.54, 1.807) is 0 Å². The van der Waals surface area contributed by atoms with Crippen LogP contribution in [0.15, 0.2) is 0 Å². The molecule has 0 aromatic rings. The first kappa shape index (κ1) is 10.9. The molecule has 0 bridgehead atoms. The lowest BCUT2D eigenvalue weighted by atomic mass is 10.0. The molecule has 0 rings (SSSR count). The van der Waals surface area contributed by atoms with Crippen LogP contribution >= 0.6 is 34.8 Å². The molecule has 0 aliphatic rings. The van der Waals surface area contributed by atoms with Gasteiger partial charge in [-0.2, -0.15) is 0 Å². The van der Waals surface area contributed by atoms with Gasteiger partial charge in [-0.25, -0.2) is 0 Å². The number of alkyl halides is 3. The molecule has 0 amide bonds. The van der Waals surface area contributed by atoms with Crippen molar-refractivity contribution in [2.24, 2.45) is 5.92 Å². The number of halogens is 3. The lowest BCUT2D eigenvalue weighted by Crippen LogP contribution is -2.17. The van der Waals surface area contributed by atoms with Crippen LogP contribution in [0.25, 0.3) is 0 Å². The molecule has 0 radical (unpaired) electrons. The first-order valence-electron chi connectivity index (χ1n) is 3.59. The summed E-state index contributed by atoms with van der Waals surface area (Å²) in [4.78, 5) is 0. The molecule has 0 nitrogen and oxygen atoms in total. The van der Waals surface area contributed by atoms with Gasteiger partial charge in [0.1, 0.15) is 0 Å². The van der Waals surface area contributed by atoms with Crippen LogP contribution in [-0.2, 0) is 0 Å². The molecule has 0 aliphatic carbocycles. The normalized spacial score (nSPS) is 15.3. The van der Waals surface area contributed by atoms with E-state index in [9.17, 15) is 0 Å². The average molecular weight is 204 g/mol. The Balaban J connectivity index is 3.81. The highest BCUT2D eigenvalue weighted by Crippen LogP contribution is 2.39. The third-order valence-electron chi connectivity index (χ3n) is 1.59. The zero-order valence-electron chi connectivity index (χ0n) is 6.33. The van der Waals surface area contributed by atoms with E-state index in [2.05, 4.69) is 6.92 Å². The minimum absolute atomic E-state index is 0.211. The van der Waals surface area contributed by atoms with E-state index in [-0.39, 0.29) is 5.92 Å². The Labute approximate surface area is 77.8 Å². The van der Waals surface area contributed by atoms with Gasteiger partial charge in [0, 0.05) is 5.92 Å². The summed E-state index contributed by atoms with van der Waals surface area (Å²) in [6.07, 6.45) is 3.00. The minimum atomic E-state index is -1.06. The van der Waals surface area contributed by atoms with Crippen molar-refractivity contribution in [1.29, 1.82) is 0 Å². The predicted octanol–water partition coefficient (Wildman–Crippen LogP) is 4.18. The topological polar surface area (TPSA) is 0 Å². The van der Waals surface area contributed by atoms with Gasteiger partial charge in [-0.3, -0.25) is 0 Å². The number of rotatable bonds is 3. The molecule has 0 heterocycles. The molecule has 3 heteroatoms. The van der Waals surface area contributed by atoms with Crippen LogP contribution in [0.4, 0.5) is 0 Å². The molecule has 0 N–H and O–H groups in total. The Kier molecular flexibility index (Phi) is 5.10. The van der Waals surface area contributed by atoms with E-state index in [0.717, 1.165) is 19.3 Å². The second kappa shape index (κ2) is 4.69. The monoisotopic (exact) mass is 202 g/mol. The fraction of sp³-hybridized carbons (Fsp3) is 1.00. The Morgan fingerprint density at radius 1 is 1.20 bits per heavy atom. The molecule has 62 valence electrons. The Morgan fingerprint density at radius 3 is 1.80 bits per heavy atom. The molecule has 0 spiro atoms. The molecule has 1 unspecified atom stereocenters. The van der Waals surface area contributed by atoms with Gasteiger partial charge < -0.3 is 0 Å². The van der Waals surface area contributed by atoms with Crippen molar-refractivity contribution in [2.45, 2.75) is 36.9 Å². The van der Waals surface area contributed by atoms with E-state index in [0.29, 0.717) is 0 Å². The molecule has 0 saturated heterocycles. The van der Waals surface area contributed by atoms with Gasteiger partial charge in [0.15, 0.2) is 3.79 Å². The maximum Gasteiger partial charge on any atom is 0.193 e. The molecule has 1 atom stereocenters. The number of hydrogen-bond acceptors (Lipinski definition) is 0. The molecular formula is C7H13Cl3. The maximum atomic E-state index is 5.71. The zero-order chi connectivity index (χ0) is 8.20. The SMILES string of the molecule is CCCC(CC)C(Cl)(Cl)Cl. The van der Waals surface area contributed by atoms with Crippen molar-refractivity contribution >= 4 is 34.8 Å². The summed E-state index contributed by atoms with van der Waals surface area (Å²) in [6, 6.07) is 0. The molecule has 0 fully saturated rings. The number of hydrogen-bond donors (Lipinski definition) is 0. The summed E-state index contributed by atoms with van der Waals surface area (Å²) >= 11 is 17.1. The highest BCUT2D eigenvalue weighted by atomic mass is 35.6. The standard InChI is InChI=1S/C7H13Cl3/c1-3-5-6(4-2)7(8,9)10/h6H,3-5H2,1-2H3. The van der Waals surface area contributed by atoms with Crippen LogP contribution in [0.1, 0.15) is 33.1 Å². The molecule has 0 saturated carbocycles. The summed E-state index contributed by atoms with van der Waals surface area (Å²) < 4.78 is -1.06. The van der Waals surface area contributed by atoms with Crippen molar-refractivity contribution in [3.63, 3.8) is 0 Å². The summed E-state index contributed by atoms with van der Waals surface area (Å²) in [7, 11) is 0. The van der Waals surface area contributed by atoms with Crippen LogP contribution in [0, 0.1) is 5.92 Å². The van der Waals surface area contributed by atoms with E-state index in [1.807, 2.05) is 6.92 Å². The van der Waals surface area contributed by atoms with Gasteiger partial charge in [-0.1, -0.05) is 55.1 Å². The third kappa shape index (κ3) is 3.90. The highest BCUT2D eigenvalue weighted by molar-refractivity contribution is 6.67. The summed E-state index contributed by atoms with van der Waals surface area (Å²) in [5.74, 6) is 0.211. The summed E-state index contributed by atoms with van der Waals surface area (Å²) in [5.41, 5.74) is 0. The summed E-state index contributed by atoms with van der Waals surface area (Å²) in [5, 5.41) is 0. The maximum absolute atomic E-state index is 5.71. The minimum Gasteiger partial charge on any atom is -0.0834 e. The van der Waals surface area contributed by atoms with Crippen LogP contribution in [0.5, 0.6) is 0 Å². The molecule has 0 aromatic heterocycles. The second-order valence-corrected chi connectivity index (χ2v) is 4.80. The van der Waals surface area contributed by atoms with Gasteiger partial charge in [0.05, 0.1) is 0 Å². The van der Waals surface area contributed by atoms with E-state index in [4.69, 9.17) is 34.8 Å². The van der Waals surface area contributed by atoms with Crippen LogP contribution in [0.3, 0.4) is 0 Å². The summed E-state index contributed by atoms with van der Waals surface area (Å²) in [6.45, 7) is 4.14. The lowest BCUT2D eigenvalue weighted by Gasteiger charge is -2.21. The first-order valence-corrected chi connectivity index (χ1v) is 4.72. The molecular weight excluding hydrogens is 190 g/mol. The average Bonchev–Trinajstić information content (AvgIpc) is 1.80. The van der Waals surface area contributed by atoms with E-state index >= 15 is 0 Å². The Hall–Kier alpha value is 0.870. The van der Waals surface area contributed by atoms with Crippen molar-refractivity contribution in [2.75, 3.05) is 0 Å². The fourth-order valence-electron chi connectivity index (χ4n) is 0.948. The zero-order valence-corrected chi connectivity index (χ0v) is 8.60. The quantitative estimate of drug-likeness (QED) is 0.604. The fourth-order valence-corrected chi connectivity index (χ4v) is 1.74. The molecule has 0 aliphatic heterocycles. The lowest BCUT2D eigenvalue weighted by molar-refractivity contribution is 0.473. The van der Waals surface area contributed by atoms with Gasteiger partial charge in [0.25, 0.3) is 0 Å². The van der Waals surface area contributed by atoms with Crippen LogP contribution in [0.2, 0.25) is 0 Å². The predicted molar refractivity (Wildman–Crippen MR) is 49.0 cm³/mol.